The fraction of sp³-hybridized carbons (Fsp3) is 0.625. The van der Waals surface area contributed by atoms with Crippen molar-refractivity contribution >= 4 is 26.3 Å². The van der Waals surface area contributed by atoms with E-state index in [9.17, 15) is 12.3 Å². The zero-order valence-electron chi connectivity index (χ0n) is 9.24. The van der Waals surface area contributed by atoms with E-state index in [0.29, 0.717) is 10.00 Å². The molecule has 0 aromatic carbocycles. The van der Waals surface area contributed by atoms with Crippen LogP contribution in [0.2, 0.25) is 0 Å². The molecule has 1 aromatic rings. The monoisotopic (exact) mass is 313 g/mol. The van der Waals surface area contributed by atoms with Gasteiger partial charge >= 0.3 is 10.4 Å². The number of aryl methyl sites for hydroxylation is 2. The third-order valence-electron chi connectivity index (χ3n) is 2.25. The molecule has 0 bridgehead atoms. The Bertz CT molecular complexity index is 486. The quantitative estimate of drug-likeness (QED) is 0.789. The SMILES string of the molecule is CCc1nn(C)c(CN(C)S(=O)(=O)F)c1Br. The van der Waals surface area contributed by atoms with E-state index in [1.165, 1.54) is 7.05 Å². The van der Waals surface area contributed by atoms with Gasteiger partial charge in [-0.1, -0.05) is 10.8 Å². The largest absolute Gasteiger partial charge is 0.374 e. The molecule has 1 heterocycles. The average Bonchev–Trinajstić information content (AvgIpc) is 2.43. The van der Waals surface area contributed by atoms with Crippen molar-refractivity contribution in [3.05, 3.63) is 15.9 Å². The molecule has 0 amide bonds. The Labute approximate surface area is 103 Å². The molecule has 0 aliphatic heterocycles. The van der Waals surface area contributed by atoms with Crippen molar-refractivity contribution in [3.8, 4) is 0 Å². The third-order valence-corrected chi connectivity index (χ3v) is 4.04. The van der Waals surface area contributed by atoms with Gasteiger partial charge in [0.15, 0.2) is 0 Å². The summed E-state index contributed by atoms with van der Waals surface area (Å²) in [6.45, 7) is 1.88. The van der Waals surface area contributed by atoms with Gasteiger partial charge in [-0.15, -0.1) is 0 Å². The molecule has 0 N–H and O–H groups in total. The van der Waals surface area contributed by atoms with Crippen LogP contribution in [-0.4, -0.2) is 29.6 Å². The van der Waals surface area contributed by atoms with Gasteiger partial charge in [0.1, 0.15) is 0 Å². The summed E-state index contributed by atoms with van der Waals surface area (Å²) in [6, 6.07) is 0. The molecule has 0 unspecified atom stereocenters. The van der Waals surface area contributed by atoms with Crippen molar-refractivity contribution in [1.82, 2.24) is 14.1 Å². The lowest BCUT2D eigenvalue weighted by molar-refractivity contribution is 0.419. The van der Waals surface area contributed by atoms with E-state index in [2.05, 4.69) is 21.0 Å². The highest BCUT2D eigenvalue weighted by Crippen LogP contribution is 2.23. The fourth-order valence-electron chi connectivity index (χ4n) is 1.28. The standard InChI is InChI=1S/C8H13BrFN3O2S/c1-4-6-8(9)7(13(3)11-6)5-12(2)16(10,14)15/h4-5H2,1-3H3. The minimum Gasteiger partial charge on any atom is -0.270 e. The zero-order chi connectivity index (χ0) is 12.5. The molecule has 0 radical (unpaired) electrons. The molecule has 0 aliphatic carbocycles. The second-order valence-electron chi connectivity index (χ2n) is 3.38. The first-order chi connectivity index (χ1) is 7.27. The van der Waals surface area contributed by atoms with Crippen molar-refractivity contribution in [2.24, 2.45) is 7.05 Å². The van der Waals surface area contributed by atoms with Crippen LogP contribution in [-0.2, 0) is 30.4 Å². The van der Waals surface area contributed by atoms with Crippen LogP contribution in [0.25, 0.3) is 0 Å². The van der Waals surface area contributed by atoms with Gasteiger partial charge < -0.3 is 0 Å². The van der Waals surface area contributed by atoms with Crippen LogP contribution in [0, 0.1) is 0 Å². The van der Waals surface area contributed by atoms with Crippen molar-refractivity contribution in [1.29, 1.82) is 0 Å². The number of aromatic nitrogens is 2. The molecule has 5 nitrogen and oxygen atoms in total. The van der Waals surface area contributed by atoms with Crippen LogP contribution in [0.4, 0.5) is 3.89 Å². The highest BCUT2D eigenvalue weighted by Gasteiger charge is 2.21. The second kappa shape index (κ2) is 4.80. The number of hydrogen-bond donors (Lipinski definition) is 0. The van der Waals surface area contributed by atoms with E-state index in [0.717, 1.165) is 16.6 Å². The molecule has 0 saturated heterocycles. The summed E-state index contributed by atoms with van der Waals surface area (Å²) in [5.41, 5.74) is 1.45. The van der Waals surface area contributed by atoms with E-state index in [-0.39, 0.29) is 6.54 Å². The molecule has 8 heteroatoms. The molecule has 1 rings (SSSR count). The van der Waals surface area contributed by atoms with Crippen molar-refractivity contribution in [2.75, 3.05) is 7.05 Å². The van der Waals surface area contributed by atoms with E-state index in [4.69, 9.17) is 0 Å². The predicted octanol–water partition coefficient (Wildman–Crippen LogP) is 1.39. The van der Waals surface area contributed by atoms with Crippen LogP contribution in [0.1, 0.15) is 18.3 Å². The number of hydrogen-bond acceptors (Lipinski definition) is 3. The lowest BCUT2D eigenvalue weighted by Gasteiger charge is -2.11. The number of halogens is 2. The third kappa shape index (κ3) is 2.80. The minimum absolute atomic E-state index is 0.0527. The topological polar surface area (TPSA) is 55.2 Å². The molecule has 0 atom stereocenters. The summed E-state index contributed by atoms with van der Waals surface area (Å²) in [4.78, 5) is 0. The molecule has 0 fully saturated rings. The summed E-state index contributed by atoms with van der Waals surface area (Å²) in [6.07, 6.45) is 0.723. The maximum Gasteiger partial charge on any atom is 0.374 e. The highest BCUT2D eigenvalue weighted by atomic mass is 79.9. The maximum absolute atomic E-state index is 12.7. The summed E-state index contributed by atoms with van der Waals surface area (Å²) in [5, 5.41) is 4.19. The Kier molecular flexibility index (Phi) is 4.08. The summed E-state index contributed by atoms with van der Waals surface area (Å²) in [7, 11) is -1.79. The van der Waals surface area contributed by atoms with Crippen molar-refractivity contribution < 1.29 is 12.3 Å². The van der Waals surface area contributed by atoms with Gasteiger partial charge in [0.2, 0.25) is 0 Å². The molecule has 0 aliphatic rings. The van der Waals surface area contributed by atoms with Gasteiger partial charge in [0.25, 0.3) is 0 Å². The van der Waals surface area contributed by atoms with Gasteiger partial charge in [-0.2, -0.15) is 17.8 Å². The Morgan fingerprint density at radius 3 is 2.50 bits per heavy atom. The maximum atomic E-state index is 12.7. The molecule has 1 aromatic heterocycles. The number of nitrogens with zero attached hydrogens (tertiary/aromatic N) is 3. The Balaban J connectivity index is 3.02. The van der Waals surface area contributed by atoms with E-state index >= 15 is 0 Å². The smallest absolute Gasteiger partial charge is 0.270 e. The van der Waals surface area contributed by atoms with E-state index in [1.54, 1.807) is 11.7 Å². The Morgan fingerprint density at radius 2 is 2.12 bits per heavy atom. The fourth-order valence-corrected chi connectivity index (χ4v) is 2.30. The van der Waals surface area contributed by atoms with E-state index < -0.39 is 10.4 Å². The first-order valence-corrected chi connectivity index (χ1v) is 6.76. The van der Waals surface area contributed by atoms with Crippen LogP contribution in [0.5, 0.6) is 0 Å². The lowest BCUT2D eigenvalue weighted by atomic mass is 10.3. The molecule has 16 heavy (non-hydrogen) atoms. The molecule has 0 spiro atoms. The predicted molar refractivity (Wildman–Crippen MR) is 61.8 cm³/mol. The lowest BCUT2D eigenvalue weighted by Crippen LogP contribution is -2.23. The van der Waals surface area contributed by atoms with Crippen LogP contribution >= 0.6 is 15.9 Å². The van der Waals surface area contributed by atoms with Crippen LogP contribution in [0.3, 0.4) is 0 Å². The molecular weight excluding hydrogens is 301 g/mol. The van der Waals surface area contributed by atoms with Gasteiger partial charge in [-0.3, -0.25) is 4.68 Å². The normalized spacial score (nSPS) is 12.4. The summed E-state index contributed by atoms with van der Waals surface area (Å²) < 4.78 is 36.9. The Hall–Kier alpha value is -0.470. The zero-order valence-corrected chi connectivity index (χ0v) is 11.6. The van der Waals surface area contributed by atoms with Crippen molar-refractivity contribution in [3.63, 3.8) is 0 Å². The average molecular weight is 314 g/mol. The molecular formula is C8H13BrFN3O2S. The first-order valence-electron chi connectivity index (χ1n) is 4.63. The van der Waals surface area contributed by atoms with Crippen LogP contribution in [0.15, 0.2) is 4.47 Å². The van der Waals surface area contributed by atoms with Crippen LogP contribution < -0.4 is 0 Å². The molecule has 92 valence electrons. The van der Waals surface area contributed by atoms with Gasteiger partial charge in [0, 0.05) is 14.1 Å². The Morgan fingerprint density at radius 1 is 1.56 bits per heavy atom. The molecule has 0 saturated carbocycles. The minimum atomic E-state index is -4.66. The summed E-state index contributed by atoms with van der Waals surface area (Å²) >= 11 is 3.33. The number of rotatable bonds is 4. The van der Waals surface area contributed by atoms with Gasteiger partial charge in [-0.05, 0) is 22.4 Å². The van der Waals surface area contributed by atoms with Crippen molar-refractivity contribution in [2.45, 2.75) is 19.9 Å². The summed E-state index contributed by atoms with van der Waals surface area (Å²) in [5.74, 6) is 0. The first kappa shape index (κ1) is 13.6. The highest BCUT2D eigenvalue weighted by molar-refractivity contribution is 9.10. The van der Waals surface area contributed by atoms with Gasteiger partial charge in [0.05, 0.1) is 22.4 Å². The van der Waals surface area contributed by atoms with E-state index in [1.807, 2.05) is 6.92 Å². The second-order valence-corrected chi connectivity index (χ2v) is 5.62. The van der Waals surface area contributed by atoms with Gasteiger partial charge in [-0.25, -0.2) is 0 Å².